The van der Waals surface area contributed by atoms with Crippen LogP contribution in [0.5, 0.6) is 0 Å². The number of hydrogen-bond donors (Lipinski definition) is 1. The molecule has 0 heterocycles. The lowest BCUT2D eigenvalue weighted by Crippen LogP contribution is -2.54. The Morgan fingerprint density at radius 3 is 1.95 bits per heavy atom. The Hall–Kier alpha value is -4.14. The second-order valence-corrected chi connectivity index (χ2v) is 12.5. The molecule has 0 aliphatic carbocycles. The van der Waals surface area contributed by atoms with E-state index in [1.54, 1.807) is 66.7 Å². The van der Waals surface area contributed by atoms with E-state index in [4.69, 9.17) is 11.6 Å². The van der Waals surface area contributed by atoms with E-state index >= 15 is 0 Å². The van der Waals surface area contributed by atoms with Crippen molar-refractivity contribution in [3.05, 3.63) is 131 Å². The lowest BCUT2D eigenvalue weighted by Gasteiger charge is -2.34. The van der Waals surface area contributed by atoms with Crippen LogP contribution in [0.3, 0.4) is 0 Å². The van der Waals surface area contributed by atoms with Gasteiger partial charge in [-0.2, -0.15) is 0 Å². The first-order valence-corrected chi connectivity index (χ1v) is 15.5. The van der Waals surface area contributed by atoms with Gasteiger partial charge >= 0.3 is 0 Å². The molecule has 7 nitrogen and oxygen atoms in total. The standard InChI is InChI=1S/C33H34ClN3O4S/c1-25(2)35-33(39)31(22-26-13-6-3-7-14-26)36(23-27-15-12-16-28(34)21-27)32(38)24-37(29-17-8-4-9-18-29)42(40,41)30-19-10-5-11-20-30/h3-21,25,31H,22-24H2,1-2H3,(H,35,39)/t31-/m1/s1. The third kappa shape index (κ3) is 7.99. The quantitative estimate of drug-likeness (QED) is 0.225. The smallest absolute Gasteiger partial charge is 0.264 e. The maximum absolute atomic E-state index is 14.3. The number of carbonyl (C=O) groups is 2. The minimum atomic E-state index is -4.12. The first-order valence-electron chi connectivity index (χ1n) is 13.7. The molecule has 2 amide bonds. The fourth-order valence-corrected chi connectivity index (χ4v) is 6.26. The van der Waals surface area contributed by atoms with Gasteiger partial charge in [0.25, 0.3) is 10.0 Å². The summed E-state index contributed by atoms with van der Waals surface area (Å²) < 4.78 is 28.9. The van der Waals surface area contributed by atoms with Crippen molar-refractivity contribution in [3.63, 3.8) is 0 Å². The van der Waals surface area contributed by atoms with E-state index in [1.165, 1.54) is 17.0 Å². The summed E-state index contributed by atoms with van der Waals surface area (Å²) in [4.78, 5) is 29.5. The van der Waals surface area contributed by atoms with Crippen LogP contribution in [-0.2, 0) is 32.6 Å². The van der Waals surface area contributed by atoms with E-state index in [1.807, 2.05) is 50.2 Å². The molecule has 4 aromatic rings. The molecule has 9 heteroatoms. The summed E-state index contributed by atoms with van der Waals surface area (Å²) >= 11 is 6.27. The van der Waals surface area contributed by atoms with E-state index in [0.717, 1.165) is 9.87 Å². The summed E-state index contributed by atoms with van der Waals surface area (Å²) in [6.07, 6.45) is 0.239. The number of hydrogen-bond acceptors (Lipinski definition) is 4. The Balaban J connectivity index is 1.78. The lowest BCUT2D eigenvalue weighted by atomic mass is 10.0. The monoisotopic (exact) mass is 603 g/mol. The van der Waals surface area contributed by atoms with Gasteiger partial charge in [-0.3, -0.25) is 13.9 Å². The van der Waals surface area contributed by atoms with E-state index in [0.29, 0.717) is 16.3 Å². The number of rotatable bonds is 12. The maximum atomic E-state index is 14.3. The minimum absolute atomic E-state index is 0.0520. The van der Waals surface area contributed by atoms with Crippen LogP contribution in [0.1, 0.15) is 25.0 Å². The Bertz CT molecular complexity index is 1580. The van der Waals surface area contributed by atoms with Crippen molar-refractivity contribution in [2.45, 2.75) is 43.8 Å². The zero-order valence-electron chi connectivity index (χ0n) is 23.6. The van der Waals surface area contributed by atoms with Gasteiger partial charge in [-0.05, 0) is 61.4 Å². The number of halogens is 1. The zero-order chi connectivity index (χ0) is 30.1. The first-order chi connectivity index (χ1) is 20.1. The van der Waals surface area contributed by atoms with Crippen LogP contribution < -0.4 is 9.62 Å². The third-order valence-corrected chi connectivity index (χ3v) is 8.62. The predicted octanol–water partition coefficient (Wildman–Crippen LogP) is 5.70. The molecule has 0 radical (unpaired) electrons. The number of nitrogens with zero attached hydrogens (tertiary/aromatic N) is 2. The summed E-state index contributed by atoms with van der Waals surface area (Å²) in [5.41, 5.74) is 1.91. The molecule has 1 atom stereocenters. The molecule has 0 unspecified atom stereocenters. The molecule has 1 N–H and O–H groups in total. The number of carbonyl (C=O) groups excluding carboxylic acids is 2. The molecule has 42 heavy (non-hydrogen) atoms. The van der Waals surface area contributed by atoms with Gasteiger partial charge < -0.3 is 10.2 Å². The summed E-state index contributed by atoms with van der Waals surface area (Å²) in [6, 6.07) is 31.9. The normalized spacial score (nSPS) is 12.0. The average Bonchev–Trinajstić information content (AvgIpc) is 2.98. The molecule has 4 aromatic carbocycles. The fourth-order valence-electron chi connectivity index (χ4n) is 4.61. The number of para-hydroxylation sites is 1. The highest BCUT2D eigenvalue weighted by molar-refractivity contribution is 7.92. The topological polar surface area (TPSA) is 86.8 Å². The summed E-state index contributed by atoms with van der Waals surface area (Å²) in [6.45, 7) is 3.24. The van der Waals surface area contributed by atoms with Gasteiger partial charge in [-0.1, -0.05) is 90.5 Å². The van der Waals surface area contributed by atoms with Gasteiger partial charge in [0.1, 0.15) is 12.6 Å². The molecular weight excluding hydrogens is 570 g/mol. The van der Waals surface area contributed by atoms with Crippen LogP contribution in [0.25, 0.3) is 0 Å². The number of anilines is 1. The van der Waals surface area contributed by atoms with E-state index in [-0.39, 0.29) is 29.8 Å². The number of benzene rings is 4. The van der Waals surface area contributed by atoms with E-state index in [9.17, 15) is 18.0 Å². The van der Waals surface area contributed by atoms with Gasteiger partial charge in [0, 0.05) is 24.0 Å². The van der Waals surface area contributed by atoms with Gasteiger partial charge in [0.2, 0.25) is 11.8 Å². The molecule has 0 aliphatic heterocycles. The van der Waals surface area contributed by atoms with Crippen LogP contribution in [0.15, 0.2) is 120 Å². The zero-order valence-corrected chi connectivity index (χ0v) is 25.1. The van der Waals surface area contributed by atoms with Crippen LogP contribution in [0, 0.1) is 0 Å². The molecule has 0 saturated carbocycles. The molecule has 0 spiro atoms. The molecule has 0 aliphatic rings. The second kappa shape index (κ2) is 14.2. The van der Waals surface area contributed by atoms with Gasteiger partial charge in [0.05, 0.1) is 10.6 Å². The second-order valence-electron chi connectivity index (χ2n) is 10.2. The van der Waals surface area contributed by atoms with Crippen LogP contribution >= 0.6 is 11.6 Å². The highest BCUT2D eigenvalue weighted by atomic mass is 35.5. The SMILES string of the molecule is CC(C)NC(=O)[C@@H](Cc1ccccc1)N(Cc1cccc(Cl)c1)C(=O)CN(c1ccccc1)S(=O)(=O)c1ccccc1. The minimum Gasteiger partial charge on any atom is -0.352 e. The van der Waals surface area contributed by atoms with Crippen molar-refractivity contribution in [1.82, 2.24) is 10.2 Å². The Kier molecular flexibility index (Phi) is 10.4. The molecular formula is C33H34ClN3O4S. The highest BCUT2D eigenvalue weighted by Gasteiger charge is 2.34. The molecule has 0 saturated heterocycles. The fraction of sp³-hybridized carbons (Fsp3) is 0.212. The Morgan fingerprint density at radius 2 is 1.36 bits per heavy atom. The van der Waals surface area contributed by atoms with Crippen molar-refractivity contribution in [3.8, 4) is 0 Å². The summed E-state index contributed by atoms with van der Waals surface area (Å²) in [5, 5.41) is 3.44. The van der Waals surface area contributed by atoms with Crippen molar-refractivity contribution in [2.24, 2.45) is 0 Å². The molecule has 218 valence electrons. The summed E-state index contributed by atoms with van der Waals surface area (Å²) in [5.74, 6) is -0.861. The summed E-state index contributed by atoms with van der Waals surface area (Å²) in [7, 11) is -4.12. The number of amides is 2. The van der Waals surface area contributed by atoms with Gasteiger partial charge in [-0.15, -0.1) is 0 Å². The van der Waals surface area contributed by atoms with Crippen LogP contribution in [0.4, 0.5) is 5.69 Å². The van der Waals surface area contributed by atoms with Crippen LogP contribution in [0.2, 0.25) is 5.02 Å². The maximum Gasteiger partial charge on any atom is 0.264 e. The average molecular weight is 604 g/mol. The van der Waals surface area contributed by atoms with Crippen molar-refractivity contribution in [1.29, 1.82) is 0 Å². The third-order valence-electron chi connectivity index (χ3n) is 6.60. The van der Waals surface area contributed by atoms with Crippen molar-refractivity contribution >= 4 is 39.1 Å². The van der Waals surface area contributed by atoms with E-state index in [2.05, 4.69) is 5.32 Å². The Morgan fingerprint density at radius 1 is 0.786 bits per heavy atom. The van der Waals surface area contributed by atoms with Crippen molar-refractivity contribution < 1.29 is 18.0 Å². The Labute approximate surface area is 252 Å². The van der Waals surface area contributed by atoms with E-state index < -0.39 is 28.5 Å². The molecule has 0 bridgehead atoms. The van der Waals surface area contributed by atoms with Gasteiger partial charge in [0.15, 0.2) is 0 Å². The molecule has 4 rings (SSSR count). The largest absolute Gasteiger partial charge is 0.352 e. The van der Waals surface area contributed by atoms with Gasteiger partial charge in [-0.25, -0.2) is 8.42 Å². The number of sulfonamides is 1. The molecule has 0 aromatic heterocycles. The molecule has 0 fully saturated rings. The lowest BCUT2D eigenvalue weighted by molar-refractivity contribution is -0.140. The van der Waals surface area contributed by atoms with Crippen LogP contribution in [-0.4, -0.2) is 43.8 Å². The number of nitrogens with one attached hydrogen (secondary N) is 1. The predicted molar refractivity (Wildman–Crippen MR) is 167 cm³/mol. The first kappa shape index (κ1) is 30.8. The highest BCUT2D eigenvalue weighted by Crippen LogP contribution is 2.25. The van der Waals surface area contributed by atoms with Crippen molar-refractivity contribution in [2.75, 3.05) is 10.8 Å².